The van der Waals surface area contributed by atoms with Gasteiger partial charge in [-0.2, -0.15) is 0 Å². The molecule has 12 aromatic rings. The van der Waals surface area contributed by atoms with Gasteiger partial charge in [-0.3, -0.25) is 0 Å². The van der Waals surface area contributed by atoms with E-state index in [1.807, 2.05) is 0 Å². The molecule has 0 heterocycles. The third-order valence-electron chi connectivity index (χ3n) is 14.7. The third kappa shape index (κ3) is 6.69. The zero-order chi connectivity index (χ0) is 45.9. The zero-order valence-electron chi connectivity index (χ0n) is 38.4. The second kappa shape index (κ2) is 16.5. The molecule has 13 rings (SSSR count). The summed E-state index contributed by atoms with van der Waals surface area (Å²) in [5.41, 5.74) is 19.2. The number of benzene rings is 12. The minimum atomic E-state index is -0.320. The van der Waals surface area contributed by atoms with Crippen molar-refractivity contribution in [2.75, 3.05) is 4.90 Å². The average molecular weight is 878 g/mol. The Balaban J connectivity index is 0.978. The van der Waals surface area contributed by atoms with Crippen molar-refractivity contribution in [2.45, 2.75) is 12.3 Å². The molecule has 0 saturated carbocycles. The lowest BCUT2D eigenvalue weighted by atomic mass is 9.74. The van der Waals surface area contributed by atoms with Gasteiger partial charge >= 0.3 is 0 Å². The van der Waals surface area contributed by atoms with Gasteiger partial charge in [0.05, 0.1) is 5.69 Å². The Morgan fingerprint density at radius 3 is 1.46 bits per heavy atom. The molecule has 0 amide bonds. The first-order valence-electron chi connectivity index (χ1n) is 24.0. The van der Waals surface area contributed by atoms with Crippen LogP contribution in [-0.4, -0.2) is 0 Å². The zero-order valence-corrected chi connectivity index (χ0v) is 38.4. The number of rotatable bonds is 8. The average Bonchev–Trinajstić information content (AvgIpc) is 3.70. The molecule has 0 aromatic heterocycles. The number of hydrogen-bond acceptors (Lipinski definition) is 1. The first kappa shape index (κ1) is 40.5. The standard InChI is InChI=1S/C68H47N/c1-68(54-24-9-4-10-25-54)62-29-16-15-28-60(62)67-63(68)30-17-31-64(67)69(55-39-34-47(35-40-55)52-33-32-46-18-11-12-23-51(46)44-52)56-41-36-48(37-42-56)53-38-43-58-57-26-13-14-27-59(57)65(49-19-5-2-6-20-49)66(61(58)45-53)50-21-7-3-8-22-50/h2-45H,1H3. The molecule has 1 aliphatic carbocycles. The Labute approximate surface area is 403 Å². The van der Waals surface area contributed by atoms with Gasteiger partial charge in [0, 0.05) is 22.4 Å². The minimum absolute atomic E-state index is 0.320. The maximum Gasteiger partial charge on any atom is 0.0543 e. The van der Waals surface area contributed by atoms with Crippen LogP contribution in [0.25, 0.3) is 88.0 Å². The summed E-state index contributed by atoms with van der Waals surface area (Å²) in [5, 5.41) is 7.51. The Hall–Kier alpha value is -8.78. The molecule has 0 fully saturated rings. The van der Waals surface area contributed by atoms with Crippen LogP contribution in [0.4, 0.5) is 17.1 Å². The fraction of sp³-hybridized carbons (Fsp3) is 0.0294. The molecule has 0 N–H and O–H groups in total. The molecule has 12 aromatic carbocycles. The van der Waals surface area contributed by atoms with E-state index in [2.05, 4.69) is 279 Å². The maximum absolute atomic E-state index is 2.46. The summed E-state index contributed by atoms with van der Waals surface area (Å²) in [5.74, 6) is 0. The Morgan fingerprint density at radius 2 is 0.783 bits per heavy atom. The van der Waals surface area contributed by atoms with Gasteiger partial charge in [-0.1, -0.05) is 224 Å². The van der Waals surface area contributed by atoms with E-state index in [1.54, 1.807) is 0 Å². The van der Waals surface area contributed by atoms with Gasteiger partial charge in [-0.25, -0.2) is 0 Å². The van der Waals surface area contributed by atoms with Crippen molar-refractivity contribution in [1.82, 2.24) is 0 Å². The second-order valence-corrected chi connectivity index (χ2v) is 18.5. The van der Waals surface area contributed by atoms with E-state index in [0.717, 1.165) is 17.1 Å². The Morgan fingerprint density at radius 1 is 0.290 bits per heavy atom. The van der Waals surface area contributed by atoms with E-state index in [1.165, 1.54) is 105 Å². The fourth-order valence-electron chi connectivity index (χ4n) is 11.4. The van der Waals surface area contributed by atoms with Crippen molar-refractivity contribution in [3.05, 3.63) is 284 Å². The molecule has 0 bridgehead atoms. The molecular formula is C68H47N. The predicted molar refractivity (Wildman–Crippen MR) is 293 cm³/mol. The van der Waals surface area contributed by atoms with Crippen molar-refractivity contribution in [3.8, 4) is 55.6 Å². The Kier molecular flexibility index (Phi) is 9.70. The minimum Gasteiger partial charge on any atom is -0.310 e. The smallest absolute Gasteiger partial charge is 0.0543 e. The quantitative estimate of drug-likeness (QED) is 0.138. The molecule has 1 aliphatic rings. The van der Waals surface area contributed by atoms with Crippen LogP contribution in [0.15, 0.2) is 267 Å². The summed E-state index contributed by atoms with van der Waals surface area (Å²) in [6, 6.07) is 98.3. The van der Waals surface area contributed by atoms with E-state index >= 15 is 0 Å². The van der Waals surface area contributed by atoms with Crippen molar-refractivity contribution >= 4 is 49.4 Å². The first-order chi connectivity index (χ1) is 34.1. The summed E-state index contributed by atoms with van der Waals surface area (Å²) in [6.07, 6.45) is 0. The van der Waals surface area contributed by atoms with Gasteiger partial charge in [0.15, 0.2) is 0 Å². The highest BCUT2D eigenvalue weighted by Crippen LogP contribution is 2.57. The normalized spacial score (nSPS) is 13.9. The highest BCUT2D eigenvalue weighted by Gasteiger charge is 2.42. The number of anilines is 3. The highest BCUT2D eigenvalue weighted by atomic mass is 15.1. The van der Waals surface area contributed by atoms with Crippen molar-refractivity contribution in [2.24, 2.45) is 0 Å². The van der Waals surface area contributed by atoms with Gasteiger partial charge < -0.3 is 4.90 Å². The van der Waals surface area contributed by atoms with E-state index in [9.17, 15) is 0 Å². The van der Waals surface area contributed by atoms with Crippen LogP contribution in [-0.2, 0) is 5.41 Å². The highest BCUT2D eigenvalue weighted by molar-refractivity contribution is 6.22. The molecular weight excluding hydrogens is 831 g/mol. The molecule has 0 spiro atoms. The number of nitrogens with zero attached hydrogens (tertiary/aromatic N) is 1. The van der Waals surface area contributed by atoms with Gasteiger partial charge in [-0.15, -0.1) is 0 Å². The van der Waals surface area contributed by atoms with Gasteiger partial charge in [0.1, 0.15) is 0 Å². The van der Waals surface area contributed by atoms with Gasteiger partial charge in [-0.05, 0) is 148 Å². The fourth-order valence-corrected chi connectivity index (χ4v) is 11.4. The Bertz CT molecular complexity index is 3870. The van der Waals surface area contributed by atoms with Crippen molar-refractivity contribution < 1.29 is 0 Å². The molecule has 0 saturated heterocycles. The molecule has 69 heavy (non-hydrogen) atoms. The van der Waals surface area contributed by atoms with Gasteiger partial charge in [0.25, 0.3) is 0 Å². The van der Waals surface area contributed by atoms with E-state index in [0.29, 0.717) is 0 Å². The summed E-state index contributed by atoms with van der Waals surface area (Å²) in [4.78, 5) is 2.46. The summed E-state index contributed by atoms with van der Waals surface area (Å²) >= 11 is 0. The SMILES string of the molecule is CC1(c2ccccc2)c2ccccc2-c2c(N(c3ccc(-c4ccc5ccccc5c4)cc3)c3ccc(-c4ccc5c(c4)c(-c4ccccc4)c(-c4ccccc4)c4ccccc45)cc3)cccc21. The number of hydrogen-bond donors (Lipinski definition) is 0. The molecule has 0 aliphatic heterocycles. The lowest BCUT2D eigenvalue weighted by molar-refractivity contribution is 0.714. The van der Waals surface area contributed by atoms with Crippen molar-refractivity contribution in [3.63, 3.8) is 0 Å². The maximum atomic E-state index is 2.46. The lowest BCUT2D eigenvalue weighted by Crippen LogP contribution is -2.22. The van der Waals surface area contributed by atoms with Crippen molar-refractivity contribution in [1.29, 1.82) is 0 Å². The van der Waals surface area contributed by atoms with Crippen LogP contribution in [0, 0.1) is 0 Å². The topological polar surface area (TPSA) is 3.24 Å². The summed E-state index contributed by atoms with van der Waals surface area (Å²) < 4.78 is 0. The predicted octanol–water partition coefficient (Wildman–Crippen LogP) is 18.6. The molecule has 1 unspecified atom stereocenters. The molecule has 1 nitrogen and oxygen atoms in total. The van der Waals surface area contributed by atoms with E-state index < -0.39 is 0 Å². The molecule has 1 heteroatoms. The van der Waals surface area contributed by atoms with Crippen LogP contribution in [0.3, 0.4) is 0 Å². The van der Waals surface area contributed by atoms with Crippen LogP contribution < -0.4 is 4.90 Å². The monoisotopic (exact) mass is 877 g/mol. The molecule has 0 radical (unpaired) electrons. The molecule has 324 valence electrons. The van der Waals surface area contributed by atoms with Crippen LogP contribution in [0.5, 0.6) is 0 Å². The number of fused-ring (bicyclic) bond motifs is 7. The summed E-state index contributed by atoms with van der Waals surface area (Å²) in [6.45, 7) is 2.40. The van der Waals surface area contributed by atoms with Crippen LogP contribution in [0.1, 0.15) is 23.6 Å². The largest absolute Gasteiger partial charge is 0.310 e. The first-order valence-corrected chi connectivity index (χ1v) is 24.0. The van der Waals surface area contributed by atoms with E-state index in [4.69, 9.17) is 0 Å². The second-order valence-electron chi connectivity index (χ2n) is 18.5. The third-order valence-corrected chi connectivity index (χ3v) is 14.7. The van der Waals surface area contributed by atoms with Crippen LogP contribution >= 0.6 is 0 Å². The molecule has 1 atom stereocenters. The summed E-state index contributed by atoms with van der Waals surface area (Å²) in [7, 11) is 0. The lowest BCUT2D eigenvalue weighted by Gasteiger charge is -2.30. The van der Waals surface area contributed by atoms with Crippen LogP contribution in [0.2, 0.25) is 0 Å². The van der Waals surface area contributed by atoms with E-state index in [-0.39, 0.29) is 5.41 Å². The van der Waals surface area contributed by atoms with Gasteiger partial charge in [0.2, 0.25) is 0 Å².